The molecule has 9 nitrogen and oxygen atoms in total. The number of amides is 2. The van der Waals surface area contributed by atoms with E-state index in [0.29, 0.717) is 34.1 Å². The van der Waals surface area contributed by atoms with Gasteiger partial charge in [0, 0.05) is 11.1 Å². The standard InChI is InChI=1S/C26H22N4O5/c1-17-3-9-23(33-17)15-27-29-25(31)19-5-11-21(12-6-19)35-22-13-7-20(8-14-22)26(32)30-28-16-24-10-4-18(2)34-24/h3-16H,1-2H3,(H,29,31)(H,30,32)/b27-15-,28-16-. The van der Waals surface area contributed by atoms with Crippen LogP contribution in [0.5, 0.6) is 11.5 Å². The molecule has 2 aromatic carbocycles. The van der Waals surface area contributed by atoms with Crippen LogP contribution >= 0.6 is 0 Å². The summed E-state index contributed by atoms with van der Waals surface area (Å²) in [5.74, 6) is 2.96. The van der Waals surface area contributed by atoms with Crippen LogP contribution in [0.1, 0.15) is 43.8 Å². The van der Waals surface area contributed by atoms with Crippen molar-refractivity contribution in [3.05, 3.63) is 107 Å². The first-order valence-corrected chi connectivity index (χ1v) is 10.6. The highest BCUT2D eigenvalue weighted by Gasteiger charge is 2.07. The number of nitrogens with one attached hydrogen (secondary N) is 2. The maximum Gasteiger partial charge on any atom is 0.271 e. The highest BCUT2D eigenvalue weighted by molar-refractivity contribution is 5.95. The fourth-order valence-electron chi connectivity index (χ4n) is 2.97. The van der Waals surface area contributed by atoms with Crippen LogP contribution < -0.4 is 15.6 Å². The van der Waals surface area contributed by atoms with E-state index in [9.17, 15) is 9.59 Å². The molecule has 0 radical (unpaired) electrons. The Bertz CT molecular complexity index is 1260. The van der Waals surface area contributed by atoms with E-state index in [2.05, 4.69) is 21.1 Å². The van der Waals surface area contributed by atoms with Crippen LogP contribution in [0.3, 0.4) is 0 Å². The lowest BCUT2D eigenvalue weighted by atomic mass is 10.2. The quantitative estimate of drug-likeness (QED) is 0.283. The van der Waals surface area contributed by atoms with Gasteiger partial charge >= 0.3 is 0 Å². The summed E-state index contributed by atoms with van der Waals surface area (Å²) in [5.41, 5.74) is 5.73. The van der Waals surface area contributed by atoms with Crippen molar-refractivity contribution in [3.63, 3.8) is 0 Å². The van der Waals surface area contributed by atoms with Gasteiger partial charge in [0.2, 0.25) is 0 Å². The average molecular weight is 470 g/mol. The van der Waals surface area contributed by atoms with Gasteiger partial charge in [-0.3, -0.25) is 9.59 Å². The first-order valence-electron chi connectivity index (χ1n) is 10.6. The Morgan fingerprint density at radius 1 is 0.657 bits per heavy atom. The third-order valence-electron chi connectivity index (χ3n) is 4.71. The Balaban J connectivity index is 1.28. The molecular weight excluding hydrogens is 448 g/mol. The van der Waals surface area contributed by atoms with Gasteiger partial charge in [-0.15, -0.1) is 0 Å². The molecule has 2 N–H and O–H groups in total. The molecule has 35 heavy (non-hydrogen) atoms. The fraction of sp³-hybridized carbons (Fsp3) is 0.0769. The molecule has 0 saturated heterocycles. The van der Waals surface area contributed by atoms with Gasteiger partial charge in [0.15, 0.2) is 0 Å². The van der Waals surface area contributed by atoms with E-state index in [1.54, 1.807) is 60.7 Å². The molecule has 0 fully saturated rings. The highest BCUT2D eigenvalue weighted by Crippen LogP contribution is 2.22. The van der Waals surface area contributed by atoms with Crippen molar-refractivity contribution < 1.29 is 23.2 Å². The maximum absolute atomic E-state index is 12.2. The zero-order valence-electron chi connectivity index (χ0n) is 19.0. The Labute approximate surface area is 201 Å². The van der Waals surface area contributed by atoms with E-state index in [1.165, 1.54) is 12.4 Å². The summed E-state index contributed by atoms with van der Waals surface area (Å²) in [6.45, 7) is 3.65. The predicted octanol–water partition coefficient (Wildman–Crippen LogP) is 4.81. The van der Waals surface area contributed by atoms with Crippen LogP contribution in [0.4, 0.5) is 0 Å². The number of aryl methyl sites for hydroxylation is 2. The van der Waals surface area contributed by atoms with Crippen LogP contribution in [-0.4, -0.2) is 24.2 Å². The minimum absolute atomic E-state index is 0.365. The van der Waals surface area contributed by atoms with Crippen molar-refractivity contribution in [2.45, 2.75) is 13.8 Å². The molecule has 0 spiro atoms. The number of hydrogen-bond acceptors (Lipinski definition) is 7. The minimum Gasteiger partial charge on any atom is -0.460 e. The number of ether oxygens (including phenoxy) is 1. The smallest absolute Gasteiger partial charge is 0.271 e. The Hall–Kier alpha value is -4.92. The Kier molecular flexibility index (Phi) is 7.17. The largest absolute Gasteiger partial charge is 0.460 e. The lowest BCUT2D eigenvalue weighted by molar-refractivity contribution is 0.0947. The highest BCUT2D eigenvalue weighted by atomic mass is 16.5. The summed E-state index contributed by atoms with van der Waals surface area (Å²) >= 11 is 0. The van der Waals surface area contributed by atoms with Crippen LogP contribution in [0.15, 0.2) is 91.8 Å². The molecular formula is C26H22N4O5. The van der Waals surface area contributed by atoms with Gasteiger partial charge in [-0.25, -0.2) is 10.9 Å². The molecule has 0 aliphatic carbocycles. The van der Waals surface area contributed by atoms with E-state index in [4.69, 9.17) is 13.6 Å². The molecule has 4 rings (SSSR count). The van der Waals surface area contributed by atoms with Crippen molar-refractivity contribution >= 4 is 24.2 Å². The van der Waals surface area contributed by atoms with Crippen molar-refractivity contribution in [1.82, 2.24) is 10.9 Å². The van der Waals surface area contributed by atoms with Gasteiger partial charge < -0.3 is 13.6 Å². The fourth-order valence-corrected chi connectivity index (χ4v) is 2.97. The number of rotatable bonds is 8. The summed E-state index contributed by atoms with van der Waals surface area (Å²) in [5, 5.41) is 7.77. The van der Waals surface area contributed by atoms with Crippen molar-refractivity contribution in [2.24, 2.45) is 10.2 Å². The molecule has 0 saturated carbocycles. The summed E-state index contributed by atoms with van der Waals surface area (Å²) in [6.07, 6.45) is 2.86. The number of furan rings is 2. The summed E-state index contributed by atoms with van der Waals surface area (Å²) < 4.78 is 16.5. The second-order valence-electron chi connectivity index (χ2n) is 7.45. The van der Waals surface area contributed by atoms with Gasteiger partial charge in [-0.05, 0) is 86.6 Å². The van der Waals surface area contributed by atoms with Crippen molar-refractivity contribution in [2.75, 3.05) is 0 Å². The molecule has 0 aliphatic heterocycles. The van der Waals surface area contributed by atoms with Gasteiger partial charge in [-0.2, -0.15) is 10.2 Å². The zero-order chi connectivity index (χ0) is 24.6. The summed E-state index contributed by atoms with van der Waals surface area (Å²) in [4.78, 5) is 24.4. The lowest BCUT2D eigenvalue weighted by Crippen LogP contribution is -2.17. The molecule has 0 unspecified atom stereocenters. The van der Waals surface area contributed by atoms with Crippen LogP contribution in [-0.2, 0) is 0 Å². The minimum atomic E-state index is -0.365. The van der Waals surface area contributed by atoms with Crippen LogP contribution in [0.2, 0.25) is 0 Å². The second-order valence-corrected chi connectivity index (χ2v) is 7.45. The molecule has 0 aliphatic rings. The predicted molar refractivity (Wildman–Crippen MR) is 130 cm³/mol. The molecule has 2 aromatic heterocycles. The normalized spacial score (nSPS) is 11.1. The van der Waals surface area contributed by atoms with E-state index in [0.717, 1.165) is 11.5 Å². The number of hydrazone groups is 2. The van der Waals surface area contributed by atoms with E-state index in [-0.39, 0.29) is 11.8 Å². The number of carbonyl (C=O) groups excluding carboxylic acids is 2. The number of carbonyl (C=O) groups is 2. The average Bonchev–Trinajstić information content (AvgIpc) is 3.47. The molecule has 0 atom stereocenters. The third kappa shape index (κ3) is 6.55. The first kappa shape index (κ1) is 23.2. The summed E-state index contributed by atoms with van der Waals surface area (Å²) in [7, 11) is 0. The van der Waals surface area contributed by atoms with Crippen molar-refractivity contribution in [3.8, 4) is 11.5 Å². The van der Waals surface area contributed by atoms with Crippen LogP contribution in [0.25, 0.3) is 0 Å². The summed E-state index contributed by atoms with van der Waals surface area (Å²) in [6, 6.07) is 20.3. The van der Waals surface area contributed by atoms with Crippen molar-refractivity contribution in [1.29, 1.82) is 0 Å². The number of nitrogens with zero attached hydrogens (tertiary/aromatic N) is 2. The third-order valence-corrected chi connectivity index (χ3v) is 4.71. The topological polar surface area (TPSA) is 118 Å². The molecule has 176 valence electrons. The number of hydrogen-bond donors (Lipinski definition) is 2. The molecule has 2 heterocycles. The van der Waals surface area contributed by atoms with Gasteiger partial charge in [0.25, 0.3) is 11.8 Å². The first-order chi connectivity index (χ1) is 17.0. The van der Waals surface area contributed by atoms with E-state index < -0.39 is 0 Å². The zero-order valence-corrected chi connectivity index (χ0v) is 19.0. The molecule has 4 aromatic rings. The molecule has 0 bridgehead atoms. The molecule has 2 amide bonds. The molecule has 9 heteroatoms. The Morgan fingerprint density at radius 3 is 1.40 bits per heavy atom. The van der Waals surface area contributed by atoms with Crippen LogP contribution in [0, 0.1) is 13.8 Å². The number of benzene rings is 2. The Morgan fingerprint density at radius 2 is 1.06 bits per heavy atom. The van der Waals surface area contributed by atoms with Gasteiger partial charge in [-0.1, -0.05) is 0 Å². The SMILES string of the molecule is Cc1ccc(/C=N\NC(=O)c2ccc(Oc3ccc(C(=O)N/N=C\c4ccc(C)o4)cc3)cc2)o1. The van der Waals surface area contributed by atoms with E-state index >= 15 is 0 Å². The van der Waals surface area contributed by atoms with Gasteiger partial charge in [0.05, 0.1) is 12.4 Å². The van der Waals surface area contributed by atoms with Gasteiger partial charge in [0.1, 0.15) is 34.5 Å². The maximum atomic E-state index is 12.2. The van der Waals surface area contributed by atoms with E-state index in [1.807, 2.05) is 26.0 Å². The second kappa shape index (κ2) is 10.8. The monoisotopic (exact) mass is 470 g/mol. The lowest BCUT2D eigenvalue weighted by Gasteiger charge is -2.07.